The molecule has 0 aliphatic carbocycles. The van der Waals surface area contributed by atoms with Crippen molar-refractivity contribution in [2.75, 3.05) is 6.26 Å². The first-order chi connectivity index (χ1) is 7.60. The molecule has 17 heavy (non-hydrogen) atoms. The van der Waals surface area contributed by atoms with Gasteiger partial charge in [0.2, 0.25) is 5.91 Å². The van der Waals surface area contributed by atoms with Crippen LogP contribution in [0.4, 0.5) is 0 Å². The minimum Gasteiger partial charge on any atom is -0.413 e. The van der Waals surface area contributed by atoms with Crippen LogP contribution in [0.15, 0.2) is 0 Å². The SMILES string of the molecule is CSC1NC(=O)C1[C@@H](C)O[Si](C)(C)C(C)(C)C. The van der Waals surface area contributed by atoms with Crippen molar-refractivity contribution in [3.05, 3.63) is 0 Å². The number of amides is 1. The van der Waals surface area contributed by atoms with Gasteiger partial charge in [0.05, 0.1) is 17.4 Å². The molecular weight excluding hydrogens is 250 g/mol. The van der Waals surface area contributed by atoms with Crippen molar-refractivity contribution in [1.29, 1.82) is 0 Å². The summed E-state index contributed by atoms with van der Waals surface area (Å²) in [7, 11) is -1.77. The van der Waals surface area contributed by atoms with Gasteiger partial charge in [-0.3, -0.25) is 4.79 Å². The van der Waals surface area contributed by atoms with E-state index < -0.39 is 8.32 Å². The second-order valence-electron chi connectivity index (χ2n) is 6.27. The van der Waals surface area contributed by atoms with Crippen molar-refractivity contribution >= 4 is 26.0 Å². The Hall–Kier alpha value is -0.00312. The number of rotatable bonds is 4. The summed E-state index contributed by atoms with van der Waals surface area (Å²) < 4.78 is 6.27. The van der Waals surface area contributed by atoms with Gasteiger partial charge in [-0.15, -0.1) is 11.8 Å². The van der Waals surface area contributed by atoms with E-state index in [9.17, 15) is 4.79 Å². The largest absolute Gasteiger partial charge is 0.413 e. The molecule has 0 aromatic heterocycles. The maximum absolute atomic E-state index is 11.6. The van der Waals surface area contributed by atoms with Gasteiger partial charge in [-0.1, -0.05) is 20.8 Å². The summed E-state index contributed by atoms with van der Waals surface area (Å²) in [5, 5.41) is 3.32. The monoisotopic (exact) mass is 275 g/mol. The van der Waals surface area contributed by atoms with Gasteiger partial charge in [-0.25, -0.2) is 0 Å². The highest BCUT2D eigenvalue weighted by Crippen LogP contribution is 2.39. The number of carbonyl (C=O) groups is 1. The van der Waals surface area contributed by atoms with Crippen LogP contribution in [0, 0.1) is 5.92 Å². The molecule has 1 rings (SSSR count). The average molecular weight is 275 g/mol. The van der Waals surface area contributed by atoms with Crippen LogP contribution in [0.3, 0.4) is 0 Å². The zero-order chi connectivity index (χ0) is 13.4. The standard InChI is InChI=1S/C12H25NO2SSi/c1-8(9-10(14)13-11(9)16-5)15-17(6,7)12(2,3)4/h8-9,11H,1-7H3,(H,13,14)/t8-,9?,11?/m1/s1. The lowest BCUT2D eigenvalue weighted by Gasteiger charge is -2.44. The molecule has 1 saturated heterocycles. The van der Waals surface area contributed by atoms with Crippen LogP contribution in [0.5, 0.6) is 0 Å². The van der Waals surface area contributed by atoms with Crippen molar-refractivity contribution in [1.82, 2.24) is 5.32 Å². The van der Waals surface area contributed by atoms with Gasteiger partial charge >= 0.3 is 0 Å². The van der Waals surface area contributed by atoms with E-state index in [4.69, 9.17) is 4.43 Å². The molecule has 0 aromatic rings. The molecule has 0 spiro atoms. The van der Waals surface area contributed by atoms with Gasteiger partial charge in [-0.2, -0.15) is 0 Å². The summed E-state index contributed by atoms with van der Waals surface area (Å²) in [6.45, 7) is 13.2. The van der Waals surface area contributed by atoms with Crippen molar-refractivity contribution in [3.8, 4) is 0 Å². The number of nitrogens with one attached hydrogen (secondary N) is 1. The Morgan fingerprint density at radius 3 is 2.29 bits per heavy atom. The Morgan fingerprint density at radius 1 is 1.41 bits per heavy atom. The first kappa shape index (κ1) is 15.1. The highest BCUT2D eigenvalue weighted by molar-refractivity contribution is 7.99. The molecule has 3 atom stereocenters. The summed E-state index contributed by atoms with van der Waals surface area (Å²) in [5.74, 6) is 0.148. The highest BCUT2D eigenvalue weighted by atomic mass is 32.2. The van der Waals surface area contributed by atoms with Crippen molar-refractivity contribution in [2.24, 2.45) is 5.92 Å². The van der Waals surface area contributed by atoms with Crippen molar-refractivity contribution in [2.45, 2.75) is 57.3 Å². The van der Waals surface area contributed by atoms with Crippen LogP contribution in [-0.2, 0) is 9.22 Å². The highest BCUT2D eigenvalue weighted by Gasteiger charge is 2.47. The van der Waals surface area contributed by atoms with Gasteiger partial charge < -0.3 is 9.74 Å². The predicted octanol–water partition coefficient (Wildman–Crippen LogP) is 2.83. The van der Waals surface area contributed by atoms with Gasteiger partial charge in [-0.05, 0) is 31.3 Å². The third-order valence-corrected chi connectivity index (χ3v) is 9.45. The Kier molecular flexibility index (Phi) is 4.37. The first-order valence-corrected chi connectivity index (χ1v) is 10.3. The fraction of sp³-hybridized carbons (Fsp3) is 0.917. The molecule has 1 heterocycles. The summed E-state index contributed by atoms with van der Waals surface area (Å²) >= 11 is 1.69. The molecule has 0 saturated carbocycles. The number of β-lactam (4-membered cyclic amide) rings is 1. The molecule has 100 valence electrons. The number of hydrogen-bond donors (Lipinski definition) is 1. The minimum atomic E-state index is -1.77. The summed E-state index contributed by atoms with van der Waals surface area (Å²) in [6, 6.07) is 0. The fourth-order valence-corrected chi connectivity index (χ4v) is 4.05. The van der Waals surface area contributed by atoms with Crippen LogP contribution >= 0.6 is 11.8 Å². The van der Waals surface area contributed by atoms with Crippen LogP contribution < -0.4 is 5.32 Å². The average Bonchev–Trinajstić information content (AvgIpc) is 2.10. The molecule has 0 bridgehead atoms. The zero-order valence-corrected chi connectivity index (χ0v) is 13.8. The Morgan fingerprint density at radius 2 is 1.94 bits per heavy atom. The molecule has 1 amide bonds. The lowest BCUT2D eigenvalue weighted by Crippen LogP contribution is -2.62. The summed E-state index contributed by atoms with van der Waals surface area (Å²) in [5.41, 5.74) is 0. The maximum Gasteiger partial charge on any atom is 0.229 e. The maximum atomic E-state index is 11.6. The molecule has 1 fully saturated rings. The molecule has 1 N–H and O–H groups in total. The smallest absolute Gasteiger partial charge is 0.229 e. The van der Waals surface area contributed by atoms with E-state index in [-0.39, 0.29) is 28.3 Å². The van der Waals surface area contributed by atoms with Crippen molar-refractivity contribution in [3.63, 3.8) is 0 Å². The third kappa shape index (κ3) is 3.06. The van der Waals surface area contributed by atoms with Crippen LogP contribution in [0.25, 0.3) is 0 Å². The molecule has 0 radical (unpaired) electrons. The van der Waals surface area contributed by atoms with E-state index in [0.717, 1.165) is 0 Å². The van der Waals surface area contributed by atoms with Crippen LogP contribution in [0.2, 0.25) is 18.1 Å². The van der Waals surface area contributed by atoms with Gasteiger partial charge in [0, 0.05) is 0 Å². The topological polar surface area (TPSA) is 38.3 Å². The summed E-state index contributed by atoms with van der Waals surface area (Å²) in [4.78, 5) is 11.6. The molecule has 3 nitrogen and oxygen atoms in total. The third-order valence-electron chi connectivity index (χ3n) is 3.96. The second kappa shape index (κ2) is 4.94. The van der Waals surface area contributed by atoms with Crippen LogP contribution in [0.1, 0.15) is 27.7 Å². The van der Waals surface area contributed by atoms with E-state index >= 15 is 0 Å². The van der Waals surface area contributed by atoms with E-state index in [1.165, 1.54) is 0 Å². The normalized spacial score (nSPS) is 27.4. The van der Waals surface area contributed by atoms with E-state index in [1.54, 1.807) is 11.8 Å². The van der Waals surface area contributed by atoms with Crippen molar-refractivity contribution < 1.29 is 9.22 Å². The molecule has 5 heteroatoms. The summed E-state index contributed by atoms with van der Waals surface area (Å²) in [6.07, 6.45) is 2.04. The number of carbonyl (C=O) groups excluding carboxylic acids is 1. The van der Waals surface area contributed by atoms with Gasteiger partial charge in [0.15, 0.2) is 8.32 Å². The molecular formula is C12H25NO2SSi. The molecule has 0 aromatic carbocycles. The second-order valence-corrected chi connectivity index (χ2v) is 12.0. The first-order valence-electron chi connectivity index (χ1n) is 6.11. The van der Waals surface area contributed by atoms with E-state index in [1.807, 2.05) is 13.2 Å². The lowest BCUT2D eigenvalue weighted by atomic mass is 9.96. The fourth-order valence-electron chi connectivity index (χ4n) is 1.75. The molecule has 2 unspecified atom stereocenters. The lowest BCUT2D eigenvalue weighted by molar-refractivity contribution is -0.136. The number of thioether (sulfide) groups is 1. The Balaban J connectivity index is 2.66. The van der Waals surface area contributed by atoms with E-state index in [2.05, 4.69) is 39.2 Å². The minimum absolute atomic E-state index is 0.0131. The number of hydrogen-bond acceptors (Lipinski definition) is 3. The zero-order valence-electron chi connectivity index (χ0n) is 12.0. The van der Waals surface area contributed by atoms with Gasteiger partial charge in [0.25, 0.3) is 0 Å². The predicted molar refractivity (Wildman–Crippen MR) is 76.7 cm³/mol. The van der Waals surface area contributed by atoms with Crippen LogP contribution in [-0.4, -0.2) is 32.0 Å². The molecule has 1 aliphatic heterocycles. The quantitative estimate of drug-likeness (QED) is 0.633. The Labute approximate surface area is 110 Å². The molecule has 1 aliphatic rings. The van der Waals surface area contributed by atoms with E-state index in [0.29, 0.717) is 0 Å². The van der Waals surface area contributed by atoms with Gasteiger partial charge in [0.1, 0.15) is 0 Å². The Bertz CT molecular complexity index is 301.